The lowest BCUT2D eigenvalue weighted by atomic mass is 9.95. The molecule has 0 saturated heterocycles. The fourth-order valence-corrected chi connectivity index (χ4v) is 2.05. The number of carboxylic acids is 1. The molecule has 2 aromatic carbocycles. The van der Waals surface area contributed by atoms with Gasteiger partial charge in [0.2, 0.25) is 0 Å². The summed E-state index contributed by atoms with van der Waals surface area (Å²) in [5.41, 5.74) is 0.536. The fraction of sp³-hybridized carbons (Fsp3) is 0.133. The minimum atomic E-state index is -4.40. The minimum Gasteiger partial charge on any atom is -0.478 e. The molecule has 0 aliphatic rings. The first-order valence-electron chi connectivity index (χ1n) is 5.81. The molecule has 5 heteroatoms. The molecule has 0 fully saturated rings. The number of aromatic carboxylic acids is 1. The van der Waals surface area contributed by atoms with Gasteiger partial charge < -0.3 is 5.11 Å². The van der Waals surface area contributed by atoms with Crippen LogP contribution in [0.15, 0.2) is 42.5 Å². The van der Waals surface area contributed by atoms with Gasteiger partial charge in [-0.25, -0.2) is 4.79 Å². The van der Waals surface area contributed by atoms with E-state index in [9.17, 15) is 18.0 Å². The van der Waals surface area contributed by atoms with E-state index < -0.39 is 17.7 Å². The van der Waals surface area contributed by atoms with Gasteiger partial charge in [0.1, 0.15) is 0 Å². The van der Waals surface area contributed by atoms with E-state index in [-0.39, 0.29) is 11.1 Å². The first-order valence-corrected chi connectivity index (χ1v) is 5.81. The largest absolute Gasteiger partial charge is 0.478 e. The van der Waals surface area contributed by atoms with E-state index in [1.54, 1.807) is 6.07 Å². The summed E-state index contributed by atoms with van der Waals surface area (Å²) in [5.74, 6) is -1.07. The predicted molar refractivity (Wildman–Crippen MR) is 68.6 cm³/mol. The third-order valence-electron chi connectivity index (χ3n) is 3.08. The van der Waals surface area contributed by atoms with Crippen molar-refractivity contribution < 1.29 is 23.1 Å². The monoisotopic (exact) mass is 280 g/mol. The van der Waals surface area contributed by atoms with Crippen LogP contribution in [0.2, 0.25) is 0 Å². The average Bonchev–Trinajstić information content (AvgIpc) is 2.37. The Morgan fingerprint density at radius 1 is 1.05 bits per heavy atom. The topological polar surface area (TPSA) is 37.3 Å². The number of rotatable bonds is 2. The molecule has 20 heavy (non-hydrogen) atoms. The van der Waals surface area contributed by atoms with Crippen LogP contribution in [-0.4, -0.2) is 11.1 Å². The third-order valence-corrected chi connectivity index (χ3v) is 3.08. The van der Waals surface area contributed by atoms with Crippen LogP contribution >= 0.6 is 0 Å². The number of carboxylic acid groups (broad SMARTS) is 1. The molecule has 2 aromatic rings. The molecule has 0 bridgehead atoms. The smallest absolute Gasteiger partial charge is 0.416 e. The van der Waals surface area contributed by atoms with Crippen LogP contribution in [0.5, 0.6) is 0 Å². The maximum absolute atomic E-state index is 12.8. The van der Waals surface area contributed by atoms with E-state index in [4.69, 9.17) is 5.11 Å². The first-order chi connectivity index (χ1) is 9.30. The molecule has 0 aromatic heterocycles. The zero-order chi connectivity index (χ0) is 14.9. The second-order valence-corrected chi connectivity index (χ2v) is 4.36. The van der Waals surface area contributed by atoms with Crippen molar-refractivity contribution >= 4 is 5.97 Å². The Morgan fingerprint density at radius 2 is 1.65 bits per heavy atom. The minimum absolute atomic E-state index is 0.0957. The molecule has 0 unspecified atom stereocenters. The highest BCUT2D eigenvalue weighted by Gasteiger charge is 2.32. The van der Waals surface area contributed by atoms with Gasteiger partial charge >= 0.3 is 12.1 Å². The number of hydrogen-bond donors (Lipinski definition) is 1. The van der Waals surface area contributed by atoms with Crippen molar-refractivity contribution in [1.82, 2.24) is 0 Å². The van der Waals surface area contributed by atoms with Crippen LogP contribution in [0.1, 0.15) is 21.5 Å². The van der Waals surface area contributed by atoms with Crippen molar-refractivity contribution in [3.8, 4) is 11.1 Å². The van der Waals surface area contributed by atoms with Crippen LogP contribution in [-0.2, 0) is 6.18 Å². The van der Waals surface area contributed by atoms with Gasteiger partial charge in [-0.15, -0.1) is 0 Å². The van der Waals surface area contributed by atoms with E-state index in [0.717, 1.165) is 6.07 Å². The molecular weight excluding hydrogens is 269 g/mol. The lowest BCUT2D eigenvalue weighted by molar-refractivity contribution is -0.138. The summed E-state index contributed by atoms with van der Waals surface area (Å²) in [4.78, 5) is 10.8. The van der Waals surface area contributed by atoms with Gasteiger partial charge in [-0.2, -0.15) is 13.2 Å². The average molecular weight is 280 g/mol. The molecule has 0 heterocycles. The molecule has 1 N–H and O–H groups in total. The van der Waals surface area contributed by atoms with Gasteiger partial charge in [-0.05, 0) is 41.8 Å². The summed E-state index contributed by atoms with van der Waals surface area (Å²) in [7, 11) is 0. The van der Waals surface area contributed by atoms with Crippen LogP contribution < -0.4 is 0 Å². The fourth-order valence-electron chi connectivity index (χ4n) is 2.05. The Kier molecular flexibility index (Phi) is 3.53. The van der Waals surface area contributed by atoms with Crippen LogP contribution in [0.3, 0.4) is 0 Å². The quantitative estimate of drug-likeness (QED) is 0.886. The molecule has 0 amide bonds. The van der Waals surface area contributed by atoms with Crippen molar-refractivity contribution in [3.05, 3.63) is 59.2 Å². The second-order valence-electron chi connectivity index (χ2n) is 4.36. The van der Waals surface area contributed by atoms with E-state index in [1.807, 2.05) is 0 Å². The molecule has 0 atom stereocenters. The van der Waals surface area contributed by atoms with E-state index in [2.05, 4.69) is 0 Å². The third kappa shape index (κ3) is 2.66. The summed E-state index contributed by atoms with van der Waals surface area (Å²) >= 11 is 0. The van der Waals surface area contributed by atoms with Gasteiger partial charge in [0.05, 0.1) is 11.1 Å². The maximum Gasteiger partial charge on any atom is 0.416 e. The molecule has 0 radical (unpaired) electrons. The molecule has 104 valence electrons. The van der Waals surface area contributed by atoms with Gasteiger partial charge in [-0.1, -0.05) is 24.3 Å². The normalized spacial score (nSPS) is 11.4. The number of halogens is 3. The zero-order valence-electron chi connectivity index (χ0n) is 10.5. The SMILES string of the molecule is Cc1c(-c2ccc(C(=O)O)cc2)cccc1C(F)(F)F. The second kappa shape index (κ2) is 5.00. The Bertz CT molecular complexity index is 643. The Labute approximate surface area is 113 Å². The summed E-state index contributed by atoms with van der Waals surface area (Å²) < 4.78 is 38.5. The number of benzene rings is 2. The summed E-state index contributed by atoms with van der Waals surface area (Å²) in [6.07, 6.45) is -4.40. The van der Waals surface area contributed by atoms with Crippen LogP contribution in [0.25, 0.3) is 11.1 Å². The van der Waals surface area contributed by atoms with Gasteiger partial charge in [-0.3, -0.25) is 0 Å². The van der Waals surface area contributed by atoms with Crippen LogP contribution in [0.4, 0.5) is 13.2 Å². The molecule has 0 aliphatic carbocycles. The lowest BCUT2D eigenvalue weighted by Crippen LogP contribution is -2.08. The standard InChI is InChI=1S/C15H11F3O2/c1-9-12(3-2-4-13(9)15(16,17)18)10-5-7-11(8-6-10)14(19)20/h2-8H,1H3,(H,19,20). The Hall–Kier alpha value is -2.30. The highest BCUT2D eigenvalue weighted by Crippen LogP contribution is 2.36. The van der Waals surface area contributed by atoms with Gasteiger partial charge in [0.15, 0.2) is 0 Å². The van der Waals surface area contributed by atoms with Gasteiger partial charge in [0.25, 0.3) is 0 Å². The zero-order valence-corrected chi connectivity index (χ0v) is 10.5. The molecule has 0 saturated carbocycles. The van der Waals surface area contributed by atoms with Crippen molar-refractivity contribution in [2.45, 2.75) is 13.1 Å². The number of alkyl halides is 3. The van der Waals surface area contributed by atoms with Crippen molar-refractivity contribution in [1.29, 1.82) is 0 Å². The van der Waals surface area contributed by atoms with E-state index >= 15 is 0 Å². The lowest BCUT2D eigenvalue weighted by Gasteiger charge is -2.14. The van der Waals surface area contributed by atoms with Crippen molar-refractivity contribution in [2.75, 3.05) is 0 Å². The first kappa shape index (κ1) is 14.1. The van der Waals surface area contributed by atoms with Crippen LogP contribution in [0, 0.1) is 6.92 Å². The Balaban J connectivity index is 2.51. The highest BCUT2D eigenvalue weighted by molar-refractivity contribution is 5.88. The number of carbonyl (C=O) groups is 1. The summed E-state index contributed by atoms with van der Waals surface area (Å²) in [5, 5.41) is 8.80. The van der Waals surface area contributed by atoms with E-state index in [1.165, 1.54) is 37.3 Å². The summed E-state index contributed by atoms with van der Waals surface area (Å²) in [6.45, 7) is 1.41. The van der Waals surface area contributed by atoms with Crippen molar-refractivity contribution in [2.24, 2.45) is 0 Å². The molecule has 0 spiro atoms. The molecular formula is C15H11F3O2. The van der Waals surface area contributed by atoms with E-state index in [0.29, 0.717) is 11.1 Å². The van der Waals surface area contributed by atoms with Crippen molar-refractivity contribution in [3.63, 3.8) is 0 Å². The number of hydrogen-bond acceptors (Lipinski definition) is 1. The highest BCUT2D eigenvalue weighted by atomic mass is 19.4. The molecule has 2 nitrogen and oxygen atoms in total. The predicted octanol–water partition coefficient (Wildman–Crippen LogP) is 4.38. The molecule has 2 rings (SSSR count). The van der Waals surface area contributed by atoms with Gasteiger partial charge in [0, 0.05) is 0 Å². The Morgan fingerprint density at radius 3 is 2.15 bits per heavy atom. The maximum atomic E-state index is 12.8. The molecule has 0 aliphatic heterocycles. The summed E-state index contributed by atoms with van der Waals surface area (Å²) in [6, 6.07) is 9.72.